The third-order valence-corrected chi connectivity index (χ3v) is 4.25. The average Bonchev–Trinajstić information content (AvgIpc) is 2.81. The molecule has 0 aromatic carbocycles. The van der Waals surface area contributed by atoms with Crippen molar-refractivity contribution in [3.05, 3.63) is 28.0 Å². The predicted octanol–water partition coefficient (Wildman–Crippen LogP) is 0.438. The van der Waals surface area contributed by atoms with E-state index in [1.165, 1.54) is 17.4 Å². The van der Waals surface area contributed by atoms with Crippen molar-refractivity contribution in [2.24, 2.45) is 0 Å². The molecule has 1 aromatic heterocycles. The van der Waals surface area contributed by atoms with E-state index in [1.54, 1.807) is 11.4 Å². The molecule has 20 heavy (non-hydrogen) atoms. The van der Waals surface area contributed by atoms with Crippen molar-refractivity contribution in [1.29, 1.82) is 0 Å². The van der Waals surface area contributed by atoms with Gasteiger partial charge in [-0.25, -0.2) is 17.9 Å². The number of esters is 1. The number of carbonyl (C=O) groups is 2. The maximum Gasteiger partial charge on any atom is 0.328 e. The number of sulfonamides is 1. The lowest BCUT2D eigenvalue weighted by Crippen LogP contribution is -2.30. The van der Waals surface area contributed by atoms with E-state index < -0.39 is 27.7 Å². The molecule has 0 unspecified atom stereocenters. The van der Waals surface area contributed by atoms with Gasteiger partial charge in [-0.2, -0.15) is 0 Å². The molecule has 0 atom stereocenters. The number of methoxy groups -OCH3 is 1. The summed E-state index contributed by atoms with van der Waals surface area (Å²) in [5, 5.41) is 10.2. The number of thiophene rings is 1. The Morgan fingerprint density at radius 3 is 2.80 bits per heavy atom. The summed E-state index contributed by atoms with van der Waals surface area (Å²) in [5.74, 6) is -2.63. The fourth-order valence-electron chi connectivity index (χ4n) is 1.19. The van der Waals surface area contributed by atoms with E-state index in [9.17, 15) is 18.0 Å². The summed E-state index contributed by atoms with van der Waals surface area (Å²) in [7, 11) is -2.63. The van der Waals surface area contributed by atoms with Crippen molar-refractivity contribution in [2.75, 3.05) is 12.9 Å². The molecular formula is C11H13NO6S2. The van der Waals surface area contributed by atoms with Crippen LogP contribution in [0, 0.1) is 0 Å². The number of ether oxygens (including phenoxy) is 1. The second kappa shape index (κ2) is 7.17. The number of aliphatic carboxylic acids is 1. The Bertz CT molecular complexity index is 617. The summed E-state index contributed by atoms with van der Waals surface area (Å²) in [6.45, 7) is 0.0326. The maximum absolute atomic E-state index is 11.5. The first-order valence-corrected chi connectivity index (χ1v) is 7.88. The highest BCUT2D eigenvalue weighted by molar-refractivity contribution is 7.90. The summed E-state index contributed by atoms with van der Waals surface area (Å²) in [6.07, 6.45) is 2.40. The minimum absolute atomic E-state index is 0.0326. The topological polar surface area (TPSA) is 110 Å². The van der Waals surface area contributed by atoms with Gasteiger partial charge in [0.05, 0.1) is 7.11 Å². The normalized spacial score (nSPS) is 11.7. The second-order valence-electron chi connectivity index (χ2n) is 3.67. The lowest BCUT2D eigenvalue weighted by atomic mass is 10.3. The molecule has 9 heteroatoms. The number of carbonyl (C=O) groups excluding carboxylic acids is 1. The lowest BCUT2D eigenvalue weighted by molar-refractivity contribution is -0.137. The Hall–Kier alpha value is -1.71. The van der Waals surface area contributed by atoms with E-state index in [-0.39, 0.29) is 6.54 Å². The van der Waals surface area contributed by atoms with Gasteiger partial charge < -0.3 is 9.84 Å². The van der Waals surface area contributed by atoms with Gasteiger partial charge in [-0.1, -0.05) is 0 Å². The Morgan fingerprint density at radius 1 is 1.50 bits per heavy atom. The number of carboxylic acids is 1. The van der Waals surface area contributed by atoms with Crippen LogP contribution in [0.1, 0.15) is 10.4 Å². The fourth-order valence-corrected chi connectivity index (χ4v) is 2.98. The summed E-state index contributed by atoms with van der Waals surface area (Å²) in [5.41, 5.74) is 0.666. The lowest BCUT2D eigenvalue weighted by Gasteiger charge is -2.03. The molecular weight excluding hydrogens is 306 g/mol. The number of hydrogen-bond acceptors (Lipinski definition) is 6. The minimum atomic E-state index is -3.74. The van der Waals surface area contributed by atoms with Crippen LogP contribution in [-0.4, -0.2) is 38.3 Å². The first-order valence-electron chi connectivity index (χ1n) is 5.35. The van der Waals surface area contributed by atoms with E-state index in [4.69, 9.17) is 5.11 Å². The van der Waals surface area contributed by atoms with Gasteiger partial charge in [0.25, 0.3) is 0 Å². The van der Waals surface area contributed by atoms with Gasteiger partial charge in [0.1, 0.15) is 0 Å². The summed E-state index contributed by atoms with van der Waals surface area (Å²) in [4.78, 5) is 21.9. The Balaban J connectivity index is 2.58. The monoisotopic (exact) mass is 319 g/mol. The number of rotatable bonds is 7. The largest absolute Gasteiger partial charge is 0.478 e. The highest BCUT2D eigenvalue weighted by Crippen LogP contribution is 2.16. The molecule has 0 bridgehead atoms. The highest BCUT2D eigenvalue weighted by atomic mass is 32.2. The predicted molar refractivity (Wildman–Crippen MR) is 73.6 cm³/mol. The van der Waals surface area contributed by atoms with Crippen LogP contribution in [0.4, 0.5) is 0 Å². The molecule has 0 aliphatic carbocycles. The Labute approximate surface area is 119 Å². The smallest absolute Gasteiger partial charge is 0.328 e. The third kappa shape index (κ3) is 5.95. The van der Waals surface area contributed by atoms with E-state index >= 15 is 0 Å². The second-order valence-corrected chi connectivity index (χ2v) is 6.48. The van der Waals surface area contributed by atoms with Crippen LogP contribution in [-0.2, 0) is 30.9 Å². The van der Waals surface area contributed by atoms with E-state index in [1.807, 2.05) is 0 Å². The minimum Gasteiger partial charge on any atom is -0.478 e. The van der Waals surface area contributed by atoms with Gasteiger partial charge in [0.15, 0.2) is 5.75 Å². The zero-order chi connectivity index (χ0) is 15.2. The number of hydrogen-bond donors (Lipinski definition) is 2. The number of nitrogens with one attached hydrogen (secondary N) is 1. The van der Waals surface area contributed by atoms with Crippen LogP contribution in [0.25, 0.3) is 6.08 Å². The van der Waals surface area contributed by atoms with Gasteiger partial charge in [0, 0.05) is 17.5 Å². The first-order chi connectivity index (χ1) is 9.32. The van der Waals surface area contributed by atoms with Crippen LogP contribution in [0.3, 0.4) is 0 Å². The average molecular weight is 319 g/mol. The molecule has 7 nitrogen and oxygen atoms in total. The third-order valence-electron chi connectivity index (χ3n) is 2.09. The molecule has 0 saturated carbocycles. The van der Waals surface area contributed by atoms with Gasteiger partial charge in [-0.15, -0.1) is 11.3 Å². The van der Waals surface area contributed by atoms with E-state index in [0.717, 1.165) is 13.2 Å². The molecule has 1 heterocycles. The van der Waals surface area contributed by atoms with Gasteiger partial charge in [-0.3, -0.25) is 4.79 Å². The molecule has 0 amide bonds. The number of carboxylic acid groups (broad SMARTS) is 1. The standard InChI is InChI=1S/C11H13NO6S2/c1-18-11(15)7-20(16,17)12-5-9-4-8(6-19-9)2-3-10(13)14/h2-4,6,12H,5,7H2,1H3,(H,13,14). The molecule has 1 aromatic rings. The van der Waals surface area contributed by atoms with Crippen molar-refractivity contribution in [1.82, 2.24) is 4.72 Å². The van der Waals surface area contributed by atoms with Crippen LogP contribution in [0.5, 0.6) is 0 Å². The molecule has 110 valence electrons. The molecule has 0 aliphatic heterocycles. The van der Waals surface area contributed by atoms with Crippen molar-refractivity contribution >= 4 is 39.4 Å². The highest BCUT2D eigenvalue weighted by Gasteiger charge is 2.16. The summed E-state index contributed by atoms with van der Waals surface area (Å²) < 4.78 is 29.5. The van der Waals surface area contributed by atoms with Gasteiger partial charge >= 0.3 is 11.9 Å². The van der Waals surface area contributed by atoms with Crippen LogP contribution in [0.2, 0.25) is 0 Å². The van der Waals surface area contributed by atoms with Crippen LogP contribution in [0.15, 0.2) is 17.5 Å². The van der Waals surface area contributed by atoms with E-state index in [0.29, 0.717) is 10.4 Å². The quantitative estimate of drug-likeness (QED) is 0.557. The molecule has 2 N–H and O–H groups in total. The maximum atomic E-state index is 11.5. The Kier molecular flexibility index (Phi) is 5.86. The van der Waals surface area contributed by atoms with Crippen molar-refractivity contribution in [2.45, 2.75) is 6.54 Å². The molecule has 0 saturated heterocycles. The zero-order valence-corrected chi connectivity index (χ0v) is 12.2. The van der Waals surface area contributed by atoms with Gasteiger partial charge in [0.2, 0.25) is 10.0 Å². The fraction of sp³-hybridized carbons (Fsp3) is 0.273. The van der Waals surface area contributed by atoms with Crippen molar-refractivity contribution < 1.29 is 27.9 Å². The van der Waals surface area contributed by atoms with Crippen molar-refractivity contribution in [3.8, 4) is 0 Å². The molecule has 0 aliphatic rings. The van der Waals surface area contributed by atoms with Crippen molar-refractivity contribution in [3.63, 3.8) is 0 Å². The molecule has 0 radical (unpaired) electrons. The molecule has 0 spiro atoms. The summed E-state index contributed by atoms with van der Waals surface area (Å²) in [6, 6.07) is 1.66. The molecule has 0 fully saturated rings. The molecule has 1 rings (SSSR count). The SMILES string of the molecule is COC(=O)CS(=O)(=O)NCc1cc(C=CC(=O)O)cs1. The van der Waals surface area contributed by atoms with Gasteiger partial charge in [-0.05, 0) is 23.1 Å². The zero-order valence-electron chi connectivity index (χ0n) is 10.5. The van der Waals surface area contributed by atoms with E-state index in [2.05, 4.69) is 9.46 Å². The Morgan fingerprint density at radius 2 is 2.20 bits per heavy atom. The van der Waals surface area contributed by atoms with Crippen LogP contribution < -0.4 is 4.72 Å². The first kappa shape index (κ1) is 16.3. The van der Waals surface area contributed by atoms with Crippen LogP contribution >= 0.6 is 11.3 Å². The summed E-state index contributed by atoms with van der Waals surface area (Å²) >= 11 is 1.28.